The number of aliphatic hydroxyl groups is 1. The predicted molar refractivity (Wildman–Crippen MR) is 145 cm³/mol. The van der Waals surface area contributed by atoms with Crippen LogP contribution >= 0.6 is 11.6 Å². The highest BCUT2D eigenvalue weighted by molar-refractivity contribution is 6.30. The smallest absolute Gasteiger partial charge is 0.269 e. The molecular formula is C27H35ClFN5O4. The second-order valence-corrected chi connectivity index (χ2v) is 9.22. The molecule has 11 heteroatoms. The molecule has 0 aliphatic heterocycles. The van der Waals surface area contributed by atoms with Crippen LogP contribution in [0.15, 0.2) is 42.5 Å². The van der Waals surface area contributed by atoms with Gasteiger partial charge in [0, 0.05) is 23.4 Å². The molecular weight excluding hydrogens is 513 g/mol. The Labute approximate surface area is 226 Å². The van der Waals surface area contributed by atoms with Crippen LogP contribution in [0.1, 0.15) is 47.8 Å². The maximum Gasteiger partial charge on any atom is 0.269 e. The van der Waals surface area contributed by atoms with E-state index in [1.165, 1.54) is 30.0 Å². The number of fused-ring (bicyclic) bond motifs is 1. The van der Waals surface area contributed by atoms with E-state index in [2.05, 4.69) is 15.7 Å². The molecule has 0 saturated heterocycles. The van der Waals surface area contributed by atoms with E-state index in [1.54, 1.807) is 37.4 Å². The first-order valence-corrected chi connectivity index (χ1v) is 12.7. The van der Waals surface area contributed by atoms with Crippen molar-refractivity contribution < 1.29 is 23.9 Å². The minimum atomic E-state index is -0.587. The van der Waals surface area contributed by atoms with Crippen LogP contribution in [-0.2, 0) is 16.1 Å². The standard InChI is InChI=1S/C10H9N3O2.C9H11ClFNO.C8H15NO/c11-10(15)9-7-3-1-2-4-8(7)13(12-9)5-6-14;1-12-8(5-13)6-3-2-4-7(10)9(6)11;1-9-8-3-2-7(6-8)4-5-10/h1-4,6H,5H2,(H2,11,15);2-4,8,12-13H,5H2,1H3;5,7-9H,2-4,6H2,1H3. The second-order valence-electron chi connectivity index (χ2n) is 8.81. The minimum Gasteiger partial charge on any atom is -0.394 e. The molecule has 206 valence electrons. The number of hydrogen-bond donors (Lipinski definition) is 4. The number of nitrogens with zero attached hydrogens (tertiary/aromatic N) is 2. The van der Waals surface area contributed by atoms with Crippen molar-refractivity contribution in [2.24, 2.45) is 11.7 Å². The number of nitrogens with one attached hydrogen (secondary N) is 2. The minimum absolute atomic E-state index is 0.0752. The van der Waals surface area contributed by atoms with Gasteiger partial charge in [0.05, 0.1) is 29.7 Å². The number of aldehydes is 2. The summed E-state index contributed by atoms with van der Waals surface area (Å²) in [6, 6.07) is 12.1. The molecule has 1 fully saturated rings. The fraction of sp³-hybridized carbons (Fsp3) is 0.407. The van der Waals surface area contributed by atoms with E-state index in [0.717, 1.165) is 24.5 Å². The van der Waals surface area contributed by atoms with Crippen LogP contribution in [0.5, 0.6) is 0 Å². The Morgan fingerprint density at radius 2 is 1.95 bits per heavy atom. The molecule has 0 bridgehead atoms. The van der Waals surface area contributed by atoms with Crippen LogP contribution in [0, 0.1) is 11.7 Å². The van der Waals surface area contributed by atoms with E-state index < -0.39 is 17.8 Å². The molecule has 3 atom stereocenters. The van der Waals surface area contributed by atoms with Gasteiger partial charge in [-0.25, -0.2) is 4.39 Å². The molecule has 1 aliphatic rings. The average molecular weight is 548 g/mol. The van der Waals surface area contributed by atoms with Gasteiger partial charge in [-0.2, -0.15) is 5.10 Å². The number of carbonyl (C=O) groups is 3. The van der Waals surface area contributed by atoms with Crippen LogP contribution < -0.4 is 16.4 Å². The van der Waals surface area contributed by atoms with Gasteiger partial charge in [0.1, 0.15) is 18.4 Å². The van der Waals surface area contributed by atoms with E-state index in [9.17, 15) is 18.8 Å². The maximum absolute atomic E-state index is 13.3. The van der Waals surface area contributed by atoms with Gasteiger partial charge >= 0.3 is 0 Å². The predicted octanol–water partition coefficient (Wildman–Crippen LogP) is 3.03. The fourth-order valence-corrected chi connectivity index (χ4v) is 4.52. The summed E-state index contributed by atoms with van der Waals surface area (Å²) < 4.78 is 14.8. The highest BCUT2D eigenvalue weighted by atomic mass is 35.5. The van der Waals surface area contributed by atoms with E-state index in [4.69, 9.17) is 22.4 Å². The first kappa shape index (κ1) is 31.0. The Morgan fingerprint density at radius 1 is 1.21 bits per heavy atom. The molecule has 1 saturated carbocycles. The molecule has 3 unspecified atom stereocenters. The average Bonchev–Trinajstić information content (AvgIpc) is 3.53. The van der Waals surface area contributed by atoms with Gasteiger partial charge in [-0.1, -0.05) is 41.9 Å². The first-order chi connectivity index (χ1) is 18.3. The Kier molecular flexibility index (Phi) is 13.0. The summed E-state index contributed by atoms with van der Waals surface area (Å²) in [7, 11) is 3.65. The summed E-state index contributed by atoms with van der Waals surface area (Å²) in [4.78, 5) is 31.6. The van der Waals surface area contributed by atoms with Crippen LogP contribution in [0.3, 0.4) is 0 Å². The Hall–Kier alpha value is -3.18. The Morgan fingerprint density at radius 3 is 2.53 bits per heavy atom. The SMILES string of the molecule is CNC(CO)c1cccc(Cl)c1F.CNC1CCC(CC=O)C1.NC(=O)c1nn(CC=O)c2ccccc12. The van der Waals surface area contributed by atoms with Crippen molar-refractivity contribution >= 4 is 41.0 Å². The van der Waals surface area contributed by atoms with Crippen molar-refractivity contribution in [2.75, 3.05) is 20.7 Å². The molecule has 1 aliphatic carbocycles. The Balaban J connectivity index is 0.000000204. The van der Waals surface area contributed by atoms with Gasteiger partial charge in [0.25, 0.3) is 5.91 Å². The lowest BCUT2D eigenvalue weighted by atomic mass is 10.1. The van der Waals surface area contributed by atoms with Crippen molar-refractivity contribution in [3.05, 3.63) is 64.6 Å². The zero-order valence-electron chi connectivity index (χ0n) is 21.6. The van der Waals surface area contributed by atoms with Gasteiger partial charge in [0.2, 0.25) is 0 Å². The van der Waals surface area contributed by atoms with Crippen molar-refractivity contribution in [1.82, 2.24) is 20.4 Å². The molecule has 38 heavy (non-hydrogen) atoms. The molecule has 0 radical (unpaired) electrons. The van der Waals surface area contributed by atoms with Gasteiger partial charge in [0.15, 0.2) is 5.69 Å². The third-order valence-corrected chi connectivity index (χ3v) is 6.70. The lowest BCUT2D eigenvalue weighted by Gasteiger charge is -2.14. The van der Waals surface area contributed by atoms with Crippen molar-refractivity contribution in [3.63, 3.8) is 0 Å². The van der Waals surface area contributed by atoms with Crippen LogP contribution in [0.25, 0.3) is 10.9 Å². The molecule has 0 spiro atoms. The summed E-state index contributed by atoms with van der Waals surface area (Å²) in [6.45, 7) is -0.0401. The van der Waals surface area contributed by atoms with E-state index >= 15 is 0 Å². The summed E-state index contributed by atoms with van der Waals surface area (Å²) >= 11 is 5.59. The molecule has 5 N–H and O–H groups in total. The lowest BCUT2D eigenvalue weighted by Crippen LogP contribution is -2.21. The van der Waals surface area contributed by atoms with E-state index in [1.807, 2.05) is 13.1 Å². The molecule has 1 amide bonds. The van der Waals surface area contributed by atoms with Crippen molar-refractivity contribution in [3.8, 4) is 0 Å². The zero-order chi connectivity index (χ0) is 28.1. The third-order valence-electron chi connectivity index (χ3n) is 6.41. The van der Waals surface area contributed by atoms with Crippen LogP contribution in [0.2, 0.25) is 5.02 Å². The molecule has 1 heterocycles. The summed E-state index contributed by atoms with van der Waals surface area (Å²) in [6.07, 6.45) is 6.19. The number of benzene rings is 2. The zero-order valence-corrected chi connectivity index (χ0v) is 22.3. The summed E-state index contributed by atoms with van der Waals surface area (Å²) in [5, 5.41) is 19.7. The number of amides is 1. The number of likely N-dealkylation sites (N-methyl/N-ethyl adjacent to an activating group) is 1. The third kappa shape index (κ3) is 8.42. The highest BCUT2D eigenvalue weighted by Crippen LogP contribution is 2.27. The number of aromatic nitrogens is 2. The fourth-order valence-electron chi connectivity index (χ4n) is 4.34. The highest BCUT2D eigenvalue weighted by Gasteiger charge is 2.22. The van der Waals surface area contributed by atoms with Gasteiger partial charge < -0.3 is 31.1 Å². The molecule has 9 nitrogen and oxygen atoms in total. The lowest BCUT2D eigenvalue weighted by molar-refractivity contribution is -0.109. The van der Waals surface area contributed by atoms with Crippen LogP contribution in [0.4, 0.5) is 4.39 Å². The quantitative estimate of drug-likeness (QED) is 0.302. The molecule has 1 aromatic heterocycles. The number of para-hydroxylation sites is 1. The summed E-state index contributed by atoms with van der Waals surface area (Å²) in [5.41, 5.74) is 6.51. The van der Waals surface area contributed by atoms with Crippen LogP contribution in [-0.4, -0.2) is 60.1 Å². The topological polar surface area (TPSA) is 139 Å². The second kappa shape index (κ2) is 15.9. The van der Waals surface area contributed by atoms with Gasteiger partial charge in [-0.3, -0.25) is 9.48 Å². The number of carbonyl (C=O) groups excluding carboxylic acids is 3. The monoisotopic (exact) mass is 547 g/mol. The maximum atomic E-state index is 13.3. The largest absolute Gasteiger partial charge is 0.394 e. The molecule has 2 aromatic carbocycles. The van der Waals surface area contributed by atoms with E-state index in [0.29, 0.717) is 22.9 Å². The summed E-state index contributed by atoms with van der Waals surface area (Å²) in [5.74, 6) is -0.400. The number of primary amides is 1. The Bertz CT molecular complexity index is 1200. The molecule has 3 aromatic rings. The number of rotatable bonds is 9. The van der Waals surface area contributed by atoms with Crippen molar-refractivity contribution in [1.29, 1.82) is 0 Å². The van der Waals surface area contributed by atoms with Crippen molar-refractivity contribution in [2.45, 2.75) is 44.3 Å². The normalized spacial score (nSPS) is 17.1. The first-order valence-electron chi connectivity index (χ1n) is 12.3. The van der Waals surface area contributed by atoms with Gasteiger partial charge in [-0.05, 0) is 51.4 Å². The van der Waals surface area contributed by atoms with E-state index in [-0.39, 0.29) is 23.9 Å². The number of hydrogen-bond acceptors (Lipinski definition) is 7. The number of halogens is 2. The number of nitrogens with two attached hydrogens (primary N) is 1. The molecule has 4 rings (SSSR count). The number of aliphatic hydroxyl groups excluding tert-OH is 1. The van der Waals surface area contributed by atoms with Gasteiger partial charge in [-0.15, -0.1) is 0 Å².